The van der Waals surface area contributed by atoms with Crippen LogP contribution in [0, 0.1) is 0 Å². The number of fused-ring (bicyclic) bond motifs is 2. The van der Waals surface area contributed by atoms with Crippen LogP contribution < -0.4 is 0 Å². The molecule has 2 aromatic heterocycles. The van der Waals surface area contributed by atoms with Crippen molar-refractivity contribution in [3.05, 3.63) is 69.6 Å². The highest BCUT2D eigenvalue weighted by Gasteiger charge is 2.38. The highest BCUT2D eigenvalue weighted by molar-refractivity contribution is 9.10. The number of carbonyl (C=O) groups excluding carboxylic acids is 1. The van der Waals surface area contributed by atoms with Gasteiger partial charge in [0.25, 0.3) is 0 Å². The van der Waals surface area contributed by atoms with Crippen LogP contribution in [0.2, 0.25) is 0 Å². The smallest absolute Gasteiger partial charge is 0.475 e. The number of carboxylic acids is 1. The van der Waals surface area contributed by atoms with Gasteiger partial charge in [0.15, 0.2) is 5.69 Å². The molecule has 164 valence electrons. The second-order valence-electron chi connectivity index (χ2n) is 6.86. The lowest BCUT2D eigenvalue weighted by Crippen LogP contribution is -2.21. The fraction of sp³-hybridized carbons (Fsp3) is 0.250. The third-order valence-electron chi connectivity index (χ3n) is 4.42. The molecule has 0 spiro atoms. The number of imidazole rings is 1. The third-order valence-corrected chi connectivity index (χ3v) is 5.06. The number of aliphatic carboxylic acids is 1. The van der Waals surface area contributed by atoms with Gasteiger partial charge in [0.2, 0.25) is 0 Å². The zero-order valence-corrected chi connectivity index (χ0v) is 17.8. The lowest BCUT2D eigenvalue weighted by Gasteiger charge is -2.05. The van der Waals surface area contributed by atoms with Crippen molar-refractivity contribution in [2.45, 2.75) is 25.9 Å². The van der Waals surface area contributed by atoms with E-state index in [1.165, 1.54) is 11.1 Å². The summed E-state index contributed by atoms with van der Waals surface area (Å²) < 4.78 is 39.8. The first-order valence-corrected chi connectivity index (χ1v) is 9.74. The minimum absolute atomic E-state index is 0.255. The first-order valence-electron chi connectivity index (χ1n) is 8.94. The molecule has 1 aliphatic heterocycles. The number of alkyl halides is 3. The number of carbonyl (C=O) groups is 2. The van der Waals surface area contributed by atoms with Crippen LogP contribution in [0.5, 0.6) is 0 Å². The Bertz CT molecular complexity index is 1130. The third kappa shape index (κ3) is 5.61. The lowest BCUT2D eigenvalue weighted by molar-refractivity contribution is -0.192. The summed E-state index contributed by atoms with van der Waals surface area (Å²) in [5.41, 5.74) is 4.67. The van der Waals surface area contributed by atoms with Gasteiger partial charge in [-0.25, -0.2) is 14.6 Å². The zero-order chi connectivity index (χ0) is 22.8. The van der Waals surface area contributed by atoms with Gasteiger partial charge in [-0.05, 0) is 51.8 Å². The normalized spacial score (nSPS) is 13.5. The van der Waals surface area contributed by atoms with Crippen molar-refractivity contribution < 1.29 is 32.6 Å². The minimum Gasteiger partial charge on any atom is -0.475 e. The molecule has 11 heteroatoms. The maximum Gasteiger partial charge on any atom is 0.490 e. The van der Waals surface area contributed by atoms with Crippen LogP contribution in [0.25, 0.3) is 5.65 Å². The van der Waals surface area contributed by atoms with Crippen LogP contribution in [0.3, 0.4) is 0 Å². The summed E-state index contributed by atoms with van der Waals surface area (Å²) in [5, 5.41) is 7.12. The second-order valence-corrected chi connectivity index (χ2v) is 7.67. The standard InChI is InChI=1S/C18H16BrN3O2.C2HF3O2/c1-21-8-13-6-5-12(7-14(13)9-21)11-24-18(23)15-10-22-16(19)3-2-4-17(22)20-15;3-2(4,5)1(6)7/h2-7,10H,8-9,11H2,1H3;(H,6,7). The molecule has 0 amide bonds. The number of ether oxygens (including phenoxy) is 1. The Kier molecular flexibility index (Phi) is 6.65. The number of nitrogens with zero attached hydrogens (tertiary/aromatic N) is 3. The molecule has 0 unspecified atom stereocenters. The van der Waals surface area contributed by atoms with E-state index >= 15 is 0 Å². The fourth-order valence-corrected chi connectivity index (χ4v) is 3.44. The predicted molar refractivity (Wildman–Crippen MR) is 107 cm³/mol. The van der Waals surface area contributed by atoms with Gasteiger partial charge in [0.05, 0.1) is 4.60 Å². The molecule has 3 heterocycles. The Balaban J connectivity index is 0.000000339. The number of esters is 1. The summed E-state index contributed by atoms with van der Waals surface area (Å²) in [5.74, 6) is -3.17. The molecule has 1 aliphatic rings. The molecular formula is C20H17BrF3N3O4. The molecule has 0 saturated carbocycles. The van der Waals surface area contributed by atoms with Crippen LogP contribution in [0.1, 0.15) is 27.2 Å². The van der Waals surface area contributed by atoms with E-state index in [1.807, 2.05) is 28.7 Å². The van der Waals surface area contributed by atoms with Crippen molar-refractivity contribution in [2.24, 2.45) is 0 Å². The van der Waals surface area contributed by atoms with Gasteiger partial charge < -0.3 is 9.84 Å². The van der Waals surface area contributed by atoms with Gasteiger partial charge in [-0.3, -0.25) is 9.30 Å². The maximum absolute atomic E-state index is 12.3. The van der Waals surface area contributed by atoms with E-state index in [9.17, 15) is 18.0 Å². The molecule has 7 nitrogen and oxygen atoms in total. The summed E-state index contributed by atoms with van der Waals surface area (Å²) in [6.45, 7) is 2.17. The van der Waals surface area contributed by atoms with Crippen molar-refractivity contribution >= 4 is 33.5 Å². The average molecular weight is 500 g/mol. The Morgan fingerprint density at radius 3 is 2.52 bits per heavy atom. The van der Waals surface area contributed by atoms with Gasteiger partial charge in [0.1, 0.15) is 12.3 Å². The monoisotopic (exact) mass is 499 g/mol. The van der Waals surface area contributed by atoms with E-state index in [-0.39, 0.29) is 6.61 Å². The van der Waals surface area contributed by atoms with Crippen molar-refractivity contribution in [3.63, 3.8) is 0 Å². The van der Waals surface area contributed by atoms with E-state index in [2.05, 4.69) is 45.0 Å². The van der Waals surface area contributed by atoms with Crippen molar-refractivity contribution in [1.82, 2.24) is 14.3 Å². The highest BCUT2D eigenvalue weighted by Crippen LogP contribution is 2.23. The molecule has 1 aromatic carbocycles. The van der Waals surface area contributed by atoms with Crippen molar-refractivity contribution in [3.8, 4) is 0 Å². The number of hydrogen-bond acceptors (Lipinski definition) is 5. The topological polar surface area (TPSA) is 84.1 Å². The SMILES string of the molecule is CN1Cc2ccc(COC(=O)c3cn4c(Br)cccc4n3)cc2C1.O=C(O)C(F)(F)F. The lowest BCUT2D eigenvalue weighted by atomic mass is 10.1. The highest BCUT2D eigenvalue weighted by atomic mass is 79.9. The number of benzene rings is 1. The quantitative estimate of drug-likeness (QED) is 0.432. The summed E-state index contributed by atoms with van der Waals surface area (Å²) in [6, 6.07) is 11.9. The van der Waals surface area contributed by atoms with Gasteiger partial charge >= 0.3 is 18.1 Å². The average Bonchev–Trinajstić information content (AvgIpc) is 3.29. The Labute approximate surface area is 183 Å². The van der Waals surface area contributed by atoms with Crippen LogP contribution in [-0.4, -0.2) is 44.6 Å². The van der Waals surface area contributed by atoms with Crippen molar-refractivity contribution in [2.75, 3.05) is 7.05 Å². The van der Waals surface area contributed by atoms with Gasteiger partial charge in [-0.1, -0.05) is 24.3 Å². The number of halogens is 4. The van der Waals surface area contributed by atoms with Crippen LogP contribution in [-0.2, 0) is 29.2 Å². The second kappa shape index (κ2) is 9.06. The first-order chi connectivity index (χ1) is 14.5. The number of hydrogen-bond donors (Lipinski definition) is 1. The fourth-order valence-electron chi connectivity index (χ4n) is 3.01. The Morgan fingerprint density at radius 1 is 1.19 bits per heavy atom. The van der Waals surface area contributed by atoms with E-state index in [4.69, 9.17) is 14.6 Å². The van der Waals surface area contributed by atoms with E-state index < -0.39 is 18.1 Å². The molecule has 0 fully saturated rings. The summed E-state index contributed by atoms with van der Waals surface area (Å²) in [4.78, 5) is 27.7. The summed E-state index contributed by atoms with van der Waals surface area (Å²) in [7, 11) is 2.10. The number of pyridine rings is 1. The molecule has 31 heavy (non-hydrogen) atoms. The van der Waals surface area contributed by atoms with Gasteiger partial charge in [-0.15, -0.1) is 0 Å². The van der Waals surface area contributed by atoms with Crippen LogP contribution in [0.15, 0.2) is 47.2 Å². The predicted octanol–water partition coefficient (Wildman–Crippen LogP) is 4.03. The number of rotatable bonds is 3. The van der Waals surface area contributed by atoms with E-state index in [0.29, 0.717) is 11.3 Å². The number of aromatic nitrogens is 2. The molecule has 3 aromatic rings. The maximum atomic E-state index is 12.3. The Hall–Kier alpha value is -2.92. The van der Waals surface area contributed by atoms with E-state index in [1.54, 1.807) is 6.20 Å². The van der Waals surface area contributed by atoms with Gasteiger partial charge in [-0.2, -0.15) is 13.2 Å². The molecule has 0 radical (unpaired) electrons. The van der Waals surface area contributed by atoms with Crippen molar-refractivity contribution in [1.29, 1.82) is 0 Å². The molecule has 0 atom stereocenters. The van der Waals surface area contributed by atoms with Crippen LogP contribution in [0.4, 0.5) is 13.2 Å². The molecule has 0 saturated heterocycles. The molecular weight excluding hydrogens is 483 g/mol. The molecule has 1 N–H and O–H groups in total. The zero-order valence-electron chi connectivity index (χ0n) is 16.2. The van der Waals surface area contributed by atoms with Gasteiger partial charge in [0, 0.05) is 19.3 Å². The van der Waals surface area contributed by atoms with E-state index in [0.717, 1.165) is 23.3 Å². The molecule has 0 bridgehead atoms. The first kappa shape index (κ1) is 22.8. The van der Waals surface area contributed by atoms with Crippen LogP contribution >= 0.6 is 15.9 Å². The summed E-state index contributed by atoms with van der Waals surface area (Å²) >= 11 is 3.44. The molecule has 0 aliphatic carbocycles. The summed E-state index contributed by atoms with van der Waals surface area (Å²) in [6.07, 6.45) is -3.40. The largest absolute Gasteiger partial charge is 0.490 e. The Morgan fingerprint density at radius 2 is 1.87 bits per heavy atom. The minimum atomic E-state index is -5.08. The number of carboxylic acid groups (broad SMARTS) is 1. The molecule has 4 rings (SSSR count).